The van der Waals surface area contributed by atoms with Crippen molar-refractivity contribution in [3.8, 4) is 0 Å². The van der Waals surface area contributed by atoms with Crippen molar-refractivity contribution in [3.63, 3.8) is 0 Å². The second kappa shape index (κ2) is 6.34. The summed E-state index contributed by atoms with van der Waals surface area (Å²) in [6.07, 6.45) is 2.58. The van der Waals surface area contributed by atoms with Gasteiger partial charge in [-0.05, 0) is 49.9 Å². The maximum absolute atomic E-state index is 9.31. The van der Waals surface area contributed by atoms with Crippen LogP contribution in [0.15, 0.2) is 18.2 Å². The van der Waals surface area contributed by atoms with Crippen LogP contribution >= 0.6 is 0 Å². The second-order valence-corrected chi connectivity index (χ2v) is 6.41. The van der Waals surface area contributed by atoms with Gasteiger partial charge in [-0.15, -0.1) is 0 Å². The molecule has 2 N–H and O–H groups in total. The molecule has 2 aliphatic rings. The minimum absolute atomic E-state index is 0.0716. The highest BCUT2D eigenvalue weighted by molar-refractivity contribution is 5.52. The zero-order chi connectivity index (χ0) is 14.8. The number of aryl methyl sites for hydroxylation is 1. The molecule has 3 rings (SSSR count). The molecule has 21 heavy (non-hydrogen) atoms. The van der Waals surface area contributed by atoms with Crippen LogP contribution in [0.1, 0.15) is 30.9 Å². The molecular formula is C17H26N2O2. The Hall–Kier alpha value is -1.10. The summed E-state index contributed by atoms with van der Waals surface area (Å²) in [7, 11) is 0. The van der Waals surface area contributed by atoms with Crippen molar-refractivity contribution in [2.24, 2.45) is 0 Å². The fraction of sp³-hybridized carbons (Fsp3) is 0.647. The van der Waals surface area contributed by atoms with Gasteiger partial charge in [-0.25, -0.2) is 0 Å². The lowest BCUT2D eigenvalue weighted by atomic mass is 10.1. The molecule has 0 aromatic heterocycles. The van der Waals surface area contributed by atoms with Crippen LogP contribution in [0.2, 0.25) is 0 Å². The first-order valence-electron chi connectivity index (χ1n) is 7.99. The van der Waals surface area contributed by atoms with Gasteiger partial charge in [0, 0.05) is 30.9 Å². The van der Waals surface area contributed by atoms with Crippen LogP contribution < -0.4 is 10.2 Å². The van der Waals surface area contributed by atoms with Gasteiger partial charge in [0.2, 0.25) is 0 Å². The van der Waals surface area contributed by atoms with Gasteiger partial charge in [-0.2, -0.15) is 0 Å². The Balaban J connectivity index is 1.70. The van der Waals surface area contributed by atoms with Gasteiger partial charge in [0.25, 0.3) is 0 Å². The molecule has 0 bridgehead atoms. The van der Waals surface area contributed by atoms with Gasteiger partial charge in [0.1, 0.15) is 0 Å². The van der Waals surface area contributed by atoms with Crippen molar-refractivity contribution in [2.75, 3.05) is 24.7 Å². The molecule has 1 aliphatic carbocycles. The van der Waals surface area contributed by atoms with Crippen LogP contribution in [0.3, 0.4) is 0 Å². The van der Waals surface area contributed by atoms with Crippen molar-refractivity contribution in [2.45, 2.75) is 51.4 Å². The number of aliphatic hydroxyl groups is 1. The van der Waals surface area contributed by atoms with Crippen LogP contribution in [0, 0.1) is 6.92 Å². The number of aliphatic hydroxyl groups excluding tert-OH is 1. The smallest absolute Gasteiger partial charge is 0.0981 e. The second-order valence-electron chi connectivity index (χ2n) is 6.41. The topological polar surface area (TPSA) is 44.7 Å². The minimum Gasteiger partial charge on any atom is -0.394 e. The molecule has 1 aromatic carbocycles. The molecule has 1 heterocycles. The third kappa shape index (κ3) is 3.57. The van der Waals surface area contributed by atoms with E-state index in [1.54, 1.807) is 0 Å². The first kappa shape index (κ1) is 14.8. The summed E-state index contributed by atoms with van der Waals surface area (Å²) in [4.78, 5) is 2.34. The molecule has 1 aliphatic heterocycles. The predicted molar refractivity (Wildman–Crippen MR) is 84.7 cm³/mol. The summed E-state index contributed by atoms with van der Waals surface area (Å²) < 4.78 is 5.62. The lowest BCUT2D eigenvalue weighted by molar-refractivity contribution is -0.0103. The number of nitrogens with zero attached hydrogens (tertiary/aromatic N) is 1. The number of morpholine rings is 1. The average molecular weight is 290 g/mol. The normalized spacial score (nSPS) is 26.1. The summed E-state index contributed by atoms with van der Waals surface area (Å²) in [5.41, 5.74) is 3.95. The Labute approximate surface area is 127 Å². The summed E-state index contributed by atoms with van der Waals surface area (Å²) in [5, 5.41) is 12.9. The van der Waals surface area contributed by atoms with Crippen LogP contribution in [0.5, 0.6) is 0 Å². The molecule has 0 amide bonds. The van der Waals surface area contributed by atoms with Gasteiger partial charge in [-0.1, -0.05) is 6.07 Å². The Bertz CT molecular complexity index is 488. The molecule has 116 valence electrons. The molecule has 1 saturated carbocycles. The zero-order valence-corrected chi connectivity index (χ0v) is 13.0. The van der Waals surface area contributed by atoms with Gasteiger partial charge < -0.3 is 20.1 Å². The lowest BCUT2D eigenvalue weighted by Gasteiger charge is -2.39. The van der Waals surface area contributed by atoms with Crippen molar-refractivity contribution in [1.82, 2.24) is 5.32 Å². The SMILES string of the molecule is Cc1cc(N2CC(CO)OCC2C)ccc1CNC1CC1. The summed E-state index contributed by atoms with van der Waals surface area (Å²) in [5.74, 6) is 0. The molecule has 1 aromatic rings. The monoisotopic (exact) mass is 290 g/mol. The minimum atomic E-state index is -0.0716. The molecule has 0 radical (unpaired) electrons. The first-order chi connectivity index (χ1) is 10.2. The third-order valence-corrected chi connectivity index (χ3v) is 4.53. The third-order valence-electron chi connectivity index (χ3n) is 4.53. The number of ether oxygens (including phenoxy) is 1. The molecule has 0 spiro atoms. The van der Waals surface area contributed by atoms with Crippen molar-refractivity contribution in [1.29, 1.82) is 0 Å². The largest absolute Gasteiger partial charge is 0.394 e. The number of hydrogen-bond donors (Lipinski definition) is 2. The Kier molecular flexibility index (Phi) is 4.48. The van der Waals surface area contributed by atoms with E-state index in [1.807, 2.05) is 0 Å². The highest BCUT2D eigenvalue weighted by atomic mass is 16.5. The molecule has 2 fully saturated rings. The molecule has 2 atom stereocenters. The highest BCUT2D eigenvalue weighted by Crippen LogP contribution is 2.25. The standard InChI is InChI=1S/C17H26N2O2/c1-12-7-16(6-3-14(12)8-18-15-4-5-15)19-9-17(10-20)21-11-13(19)2/h3,6-7,13,15,17-18,20H,4-5,8-11H2,1-2H3. The maximum atomic E-state index is 9.31. The van der Waals surface area contributed by atoms with Gasteiger partial charge >= 0.3 is 0 Å². The van der Waals surface area contributed by atoms with Crippen molar-refractivity contribution in [3.05, 3.63) is 29.3 Å². The van der Waals surface area contributed by atoms with E-state index in [1.165, 1.54) is 29.7 Å². The van der Waals surface area contributed by atoms with Crippen LogP contribution in [0.25, 0.3) is 0 Å². The number of hydrogen-bond acceptors (Lipinski definition) is 4. The number of rotatable bonds is 5. The van der Waals surface area contributed by atoms with E-state index in [0.29, 0.717) is 12.6 Å². The molecule has 4 nitrogen and oxygen atoms in total. The van der Waals surface area contributed by atoms with E-state index in [-0.39, 0.29) is 12.7 Å². The van der Waals surface area contributed by atoms with Crippen LogP contribution in [0.4, 0.5) is 5.69 Å². The quantitative estimate of drug-likeness (QED) is 0.868. The zero-order valence-electron chi connectivity index (χ0n) is 13.0. The predicted octanol–water partition coefficient (Wildman–Crippen LogP) is 1.83. The van der Waals surface area contributed by atoms with E-state index < -0.39 is 0 Å². The summed E-state index contributed by atoms with van der Waals surface area (Å²) in [6.45, 7) is 6.85. The van der Waals surface area contributed by atoms with Crippen molar-refractivity contribution < 1.29 is 9.84 Å². The Morgan fingerprint density at radius 1 is 1.38 bits per heavy atom. The van der Waals surface area contributed by atoms with E-state index in [0.717, 1.165) is 19.1 Å². The highest BCUT2D eigenvalue weighted by Gasteiger charge is 2.26. The maximum Gasteiger partial charge on any atom is 0.0981 e. The molecular weight excluding hydrogens is 264 g/mol. The van der Waals surface area contributed by atoms with E-state index in [2.05, 4.69) is 42.3 Å². The van der Waals surface area contributed by atoms with Gasteiger partial charge in [-0.3, -0.25) is 0 Å². The molecule has 2 unspecified atom stereocenters. The van der Waals surface area contributed by atoms with Crippen molar-refractivity contribution >= 4 is 5.69 Å². The van der Waals surface area contributed by atoms with E-state index in [9.17, 15) is 5.11 Å². The van der Waals surface area contributed by atoms with Gasteiger partial charge in [0.15, 0.2) is 0 Å². The number of nitrogens with one attached hydrogen (secondary N) is 1. The van der Waals surface area contributed by atoms with Crippen LogP contribution in [-0.2, 0) is 11.3 Å². The number of benzene rings is 1. The average Bonchev–Trinajstić information content (AvgIpc) is 3.31. The van der Waals surface area contributed by atoms with Crippen LogP contribution in [-0.4, -0.2) is 43.1 Å². The molecule has 4 heteroatoms. The first-order valence-corrected chi connectivity index (χ1v) is 7.99. The number of anilines is 1. The van der Waals surface area contributed by atoms with Gasteiger partial charge in [0.05, 0.1) is 19.3 Å². The fourth-order valence-corrected chi connectivity index (χ4v) is 2.89. The Morgan fingerprint density at radius 2 is 2.19 bits per heavy atom. The fourth-order valence-electron chi connectivity index (χ4n) is 2.89. The van der Waals surface area contributed by atoms with E-state index >= 15 is 0 Å². The summed E-state index contributed by atoms with van der Waals surface area (Å²) in [6, 6.07) is 7.79. The van der Waals surface area contributed by atoms with E-state index in [4.69, 9.17) is 4.74 Å². The molecule has 1 saturated heterocycles. The Morgan fingerprint density at radius 3 is 2.86 bits per heavy atom. The lowest BCUT2D eigenvalue weighted by Crippen LogP contribution is -2.49. The summed E-state index contributed by atoms with van der Waals surface area (Å²) >= 11 is 0.